The first-order valence-electron chi connectivity index (χ1n) is 7.40. The van der Waals surface area contributed by atoms with Gasteiger partial charge in [0.15, 0.2) is 0 Å². The van der Waals surface area contributed by atoms with Crippen LogP contribution in [0, 0.1) is 0 Å². The van der Waals surface area contributed by atoms with Crippen LogP contribution in [0.3, 0.4) is 0 Å². The van der Waals surface area contributed by atoms with Crippen LogP contribution in [0.5, 0.6) is 5.75 Å². The normalized spacial score (nSPS) is 12.1. The van der Waals surface area contributed by atoms with E-state index in [0.717, 1.165) is 35.9 Å². The van der Waals surface area contributed by atoms with Crippen molar-refractivity contribution >= 4 is 11.6 Å². The van der Waals surface area contributed by atoms with Gasteiger partial charge in [-0.2, -0.15) is 0 Å². The van der Waals surface area contributed by atoms with Gasteiger partial charge in [-0.05, 0) is 42.7 Å². The fourth-order valence-corrected chi connectivity index (χ4v) is 2.43. The molecule has 2 nitrogen and oxygen atoms in total. The number of hydrogen-bond donors (Lipinski definition) is 1. The van der Waals surface area contributed by atoms with Gasteiger partial charge in [0.1, 0.15) is 5.75 Å². The number of nitrogens with one attached hydrogen (secondary N) is 1. The molecule has 1 atom stereocenters. The first-order chi connectivity index (χ1) is 10.2. The van der Waals surface area contributed by atoms with Gasteiger partial charge >= 0.3 is 0 Å². The van der Waals surface area contributed by atoms with Crippen molar-refractivity contribution in [3.63, 3.8) is 0 Å². The van der Waals surface area contributed by atoms with E-state index in [2.05, 4.69) is 37.4 Å². The fraction of sp³-hybridized carbons (Fsp3) is 0.333. The molecule has 0 heterocycles. The average molecular weight is 304 g/mol. The molecule has 112 valence electrons. The third-order valence-electron chi connectivity index (χ3n) is 3.38. The Bertz CT molecular complexity index is 553. The van der Waals surface area contributed by atoms with E-state index in [-0.39, 0.29) is 6.04 Å². The molecular formula is C18H22ClNO. The van der Waals surface area contributed by atoms with Crippen LogP contribution >= 0.6 is 11.6 Å². The van der Waals surface area contributed by atoms with Gasteiger partial charge < -0.3 is 10.1 Å². The van der Waals surface area contributed by atoms with E-state index in [4.69, 9.17) is 16.3 Å². The smallest absolute Gasteiger partial charge is 0.119 e. The molecule has 2 aromatic rings. The van der Waals surface area contributed by atoms with Crippen LogP contribution in [0.25, 0.3) is 0 Å². The van der Waals surface area contributed by atoms with Crippen molar-refractivity contribution < 1.29 is 4.74 Å². The second kappa shape index (κ2) is 8.06. The quantitative estimate of drug-likeness (QED) is 0.779. The molecule has 0 fully saturated rings. The molecule has 0 spiro atoms. The van der Waals surface area contributed by atoms with Crippen molar-refractivity contribution in [2.45, 2.75) is 32.9 Å². The first kappa shape index (κ1) is 15.9. The minimum Gasteiger partial charge on any atom is -0.494 e. The van der Waals surface area contributed by atoms with Crippen molar-refractivity contribution in [1.82, 2.24) is 5.32 Å². The molecule has 3 heteroatoms. The van der Waals surface area contributed by atoms with Crippen molar-refractivity contribution in [1.29, 1.82) is 0 Å². The summed E-state index contributed by atoms with van der Waals surface area (Å²) in [6, 6.07) is 16.4. The summed E-state index contributed by atoms with van der Waals surface area (Å²) in [6.45, 7) is 5.80. The maximum absolute atomic E-state index is 6.21. The standard InChI is InChI=1S/C18H22ClNO/c1-3-12-21-16-10-8-15(9-11-16)13-20-14(2)17-6-4-5-7-18(17)19/h4-11,14,20H,3,12-13H2,1-2H3. The lowest BCUT2D eigenvalue weighted by molar-refractivity contribution is 0.317. The predicted molar refractivity (Wildman–Crippen MR) is 88.9 cm³/mol. The molecule has 0 aliphatic carbocycles. The summed E-state index contributed by atoms with van der Waals surface area (Å²) >= 11 is 6.21. The molecule has 0 aliphatic heterocycles. The highest BCUT2D eigenvalue weighted by Gasteiger charge is 2.08. The molecule has 2 aromatic carbocycles. The summed E-state index contributed by atoms with van der Waals surface area (Å²) in [5.41, 5.74) is 2.36. The SMILES string of the molecule is CCCOc1ccc(CNC(C)c2ccccc2Cl)cc1. The molecule has 1 unspecified atom stereocenters. The van der Waals surface area contributed by atoms with Gasteiger partial charge in [-0.15, -0.1) is 0 Å². The number of benzene rings is 2. The van der Waals surface area contributed by atoms with Crippen LogP contribution in [0.1, 0.15) is 37.4 Å². The Morgan fingerprint density at radius 1 is 1.10 bits per heavy atom. The zero-order valence-corrected chi connectivity index (χ0v) is 13.4. The Morgan fingerprint density at radius 2 is 1.81 bits per heavy atom. The van der Waals surface area contributed by atoms with Crippen LogP contribution < -0.4 is 10.1 Å². The zero-order valence-electron chi connectivity index (χ0n) is 12.6. The van der Waals surface area contributed by atoms with Crippen molar-refractivity contribution in [2.75, 3.05) is 6.61 Å². The summed E-state index contributed by atoms with van der Waals surface area (Å²) < 4.78 is 5.58. The van der Waals surface area contributed by atoms with E-state index in [1.807, 2.05) is 30.3 Å². The molecule has 0 bridgehead atoms. The fourth-order valence-electron chi connectivity index (χ4n) is 2.13. The van der Waals surface area contributed by atoms with E-state index in [1.54, 1.807) is 0 Å². The maximum Gasteiger partial charge on any atom is 0.119 e. The van der Waals surface area contributed by atoms with Crippen LogP contribution in [0.2, 0.25) is 5.02 Å². The summed E-state index contributed by atoms with van der Waals surface area (Å²) in [4.78, 5) is 0. The van der Waals surface area contributed by atoms with Crippen molar-refractivity contribution in [3.05, 3.63) is 64.7 Å². The van der Waals surface area contributed by atoms with Gasteiger partial charge in [-0.1, -0.05) is 48.9 Å². The van der Waals surface area contributed by atoms with E-state index < -0.39 is 0 Å². The molecule has 21 heavy (non-hydrogen) atoms. The van der Waals surface area contributed by atoms with Crippen molar-refractivity contribution in [2.24, 2.45) is 0 Å². The molecule has 0 saturated heterocycles. The lowest BCUT2D eigenvalue weighted by Gasteiger charge is -2.16. The Morgan fingerprint density at radius 3 is 2.48 bits per heavy atom. The molecule has 0 aliphatic rings. The lowest BCUT2D eigenvalue weighted by atomic mass is 10.1. The van der Waals surface area contributed by atoms with Gasteiger partial charge in [0, 0.05) is 17.6 Å². The molecule has 0 saturated carbocycles. The van der Waals surface area contributed by atoms with E-state index in [1.165, 1.54) is 5.56 Å². The third-order valence-corrected chi connectivity index (χ3v) is 3.72. The second-order valence-corrected chi connectivity index (χ2v) is 5.52. The summed E-state index contributed by atoms with van der Waals surface area (Å²) in [7, 11) is 0. The van der Waals surface area contributed by atoms with Gasteiger partial charge in [-0.3, -0.25) is 0 Å². The van der Waals surface area contributed by atoms with Crippen molar-refractivity contribution in [3.8, 4) is 5.75 Å². The second-order valence-electron chi connectivity index (χ2n) is 5.12. The molecule has 2 rings (SSSR count). The number of rotatable bonds is 7. The number of hydrogen-bond acceptors (Lipinski definition) is 2. The van der Waals surface area contributed by atoms with Crippen LogP contribution in [-0.2, 0) is 6.54 Å². The predicted octanol–water partition coefficient (Wildman–Crippen LogP) is 4.98. The Balaban J connectivity index is 1.89. The van der Waals surface area contributed by atoms with Gasteiger partial charge in [0.25, 0.3) is 0 Å². The maximum atomic E-state index is 6.21. The van der Waals surface area contributed by atoms with E-state index in [9.17, 15) is 0 Å². The van der Waals surface area contributed by atoms with E-state index >= 15 is 0 Å². The van der Waals surface area contributed by atoms with Crippen LogP contribution in [0.4, 0.5) is 0 Å². The number of halogens is 1. The monoisotopic (exact) mass is 303 g/mol. The lowest BCUT2D eigenvalue weighted by Crippen LogP contribution is -2.18. The van der Waals surface area contributed by atoms with Gasteiger partial charge in [0.05, 0.1) is 6.61 Å². The topological polar surface area (TPSA) is 21.3 Å². The molecule has 0 amide bonds. The molecular weight excluding hydrogens is 282 g/mol. The summed E-state index contributed by atoms with van der Waals surface area (Å²) in [6.07, 6.45) is 1.03. The molecule has 0 aromatic heterocycles. The highest BCUT2D eigenvalue weighted by Crippen LogP contribution is 2.22. The minimum absolute atomic E-state index is 0.217. The summed E-state index contributed by atoms with van der Waals surface area (Å²) in [5, 5.41) is 4.30. The van der Waals surface area contributed by atoms with E-state index in [0.29, 0.717) is 0 Å². The molecule has 1 N–H and O–H groups in total. The Labute approximate surface area is 132 Å². The highest BCUT2D eigenvalue weighted by molar-refractivity contribution is 6.31. The number of ether oxygens (including phenoxy) is 1. The third kappa shape index (κ3) is 4.76. The molecule has 0 radical (unpaired) electrons. The first-order valence-corrected chi connectivity index (χ1v) is 7.78. The minimum atomic E-state index is 0.217. The largest absolute Gasteiger partial charge is 0.494 e. The average Bonchev–Trinajstić information content (AvgIpc) is 2.52. The highest BCUT2D eigenvalue weighted by atomic mass is 35.5. The van der Waals surface area contributed by atoms with Gasteiger partial charge in [0.2, 0.25) is 0 Å². The Kier molecular flexibility index (Phi) is 6.09. The van der Waals surface area contributed by atoms with Gasteiger partial charge in [-0.25, -0.2) is 0 Å². The Hall–Kier alpha value is -1.51. The van der Waals surface area contributed by atoms with Crippen LogP contribution in [-0.4, -0.2) is 6.61 Å². The van der Waals surface area contributed by atoms with Crippen LogP contribution in [0.15, 0.2) is 48.5 Å². The zero-order chi connectivity index (χ0) is 15.1. The summed E-state index contributed by atoms with van der Waals surface area (Å²) in [5.74, 6) is 0.930.